The summed E-state index contributed by atoms with van der Waals surface area (Å²) >= 11 is 1.73. The number of likely N-dealkylation sites (N-methyl/N-ethyl adjacent to an activating group) is 1. The molecule has 0 aliphatic rings. The third-order valence-electron chi connectivity index (χ3n) is 2.41. The molecule has 1 aromatic heterocycles. The lowest BCUT2D eigenvalue weighted by atomic mass is 10.3. The molecule has 1 heterocycles. The number of aromatic nitrogens is 2. The number of anilines is 1. The molecular weight excluding hydrogens is 224 g/mol. The van der Waals surface area contributed by atoms with E-state index >= 15 is 0 Å². The average Bonchev–Trinajstić information content (AvgIpc) is 2.63. The largest absolute Gasteiger partial charge is 0.396 e. The van der Waals surface area contributed by atoms with Crippen LogP contribution in [0.15, 0.2) is 12.4 Å². The first kappa shape index (κ1) is 12.9. The number of nitrogens with two attached hydrogens (primary N) is 1. The van der Waals surface area contributed by atoms with Crippen molar-refractivity contribution in [3.63, 3.8) is 0 Å². The number of amides is 1. The fraction of sp³-hybridized carbons (Fsp3) is 0.600. The van der Waals surface area contributed by atoms with Gasteiger partial charge in [-0.05, 0) is 13.2 Å². The van der Waals surface area contributed by atoms with Gasteiger partial charge in [0.2, 0.25) is 5.91 Å². The van der Waals surface area contributed by atoms with Crippen molar-refractivity contribution in [2.45, 2.75) is 19.5 Å². The molecule has 0 spiro atoms. The Morgan fingerprint density at radius 1 is 1.75 bits per heavy atom. The standard InChI is InChI=1S/C10H18N4OS/c1-8(7-16-3)13(2)10(15)6-14-5-9(11)4-12-14/h4-5,8H,6-7,11H2,1-3H3. The number of hydrogen-bond donors (Lipinski definition) is 1. The number of thioether (sulfide) groups is 1. The van der Waals surface area contributed by atoms with Gasteiger partial charge in [-0.25, -0.2) is 0 Å². The molecule has 0 radical (unpaired) electrons. The smallest absolute Gasteiger partial charge is 0.244 e. The molecule has 0 aliphatic heterocycles. The maximum Gasteiger partial charge on any atom is 0.244 e. The van der Waals surface area contributed by atoms with Crippen LogP contribution in [-0.2, 0) is 11.3 Å². The number of rotatable bonds is 5. The number of carbonyl (C=O) groups is 1. The molecule has 5 nitrogen and oxygen atoms in total. The maximum absolute atomic E-state index is 11.9. The summed E-state index contributed by atoms with van der Waals surface area (Å²) in [5, 5.41) is 3.98. The van der Waals surface area contributed by atoms with E-state index in [4.69, 9.17) is 5.73 Å². The van der Waals surface area contributed by atoms with Crippen molar-refractivity contribution in [1.29, 1.82) is 0 Å². The maximum atomic E-state index is 11.9. The second-order valence-electron chi connectivity index (χ2n) is 3.78. The van der Waals surface area contributed by atoms with Crippen molar-refractivity contribution >= 4 is 23.4 Å². The zero-order chi connectivity index (χ0) is 12.1. The highest BCUT2D eigenvalue weighted by Gasteiger charge is 2.15. The van der Waals surface area contributed by atoms with Gasteiger partial charge in [-0.1, -0.05) is 0 Å². The lowest BCUT2D eigenvalue weighted by molar-refractivity contribution is -0.132. The van der Waals surface area contributed by atoms with Crippen LogP contribution < -0.4 is 5.73 Å². The van der Waals surface area contributed by atoms with Crippen molar-refractivity contribution in [2.75, 3.05) is 24.8 Å². The summed E-state index contributed by atoms with van der Waals surface area (Å²) in [6.07, 6.45) is 5.23. The lowest BCUT2D eigenvalue weighted by Gasteiger charge is -2.24. The number of nitrogen functional groups attached to an aromatic ring is 1. The highest BCUT2D eigenvalue weighted by molar-refractivity contribution is 7.98. The van der Waals surface area contributed by atoms with Crippen molar-refractivity contribution in [1.82, 2.24) is 14.7 Å². The van der Waals surface area contributed by atoms with Gasteiger partial charge in [0.25, 0.3) is 0 Å². The molecule has 0 saturated heterocycles. The van der Waals surface area contributed by atoms with E-state index in [1.54, 1.807) is 33.7 Å². The SMILES string of the molecule is CSCC(C)N(C)C(=O)Cn1cc(N)cn1. The van der Waals surface area contributed by atoms with Crippen LogP contribution in [0.3, 0.4) is 0 Å². The zero-order valence-electron chi connectivity index (χ0n) is 9.88. The molecule has 0 aromatic carbocycles. The van der Waals surface area contributed by atoms with Crippen LogP contribution in [0, 0.1) is 0 Å². The third kappa shape index (κ3) is 3.44. The molecule has 6 heteroatoms. The molecule has 1 rings (SSSR count). The summed E-state index contributed by atoms with van der Waals surface area (Å²) in [6, 6.07) is 0.232. The van der Waals surface area contributed by atoms with Gasteiger partial charge in [0, 0.05) is 25.0 Å². The zero-order valence-corrected chi connectivity index (χ0v) is 10.7. The molecular formula is C10H18N4OS. The van der Waals surface area contributed by atoms with Crippen LogP contribution in [0.1, 0.15) is 6.92 Å². The minimum absolute atomic E-state index is 0.0460. The summed E-state index contributed by atoms with van der Waals surface area (Å²) < 4.78 is 1.56. The van der Waals surface area contributed by atoms with Crippen LogP contribution >= 0.6 is 11.8 Å². The van der Waals surface area contributed by atoms with E-state index in [0.29, 0.717) is 5.69 Å². The Morgan fingerprint density at radius 3 is 2.94 bits per heavy atom. The normalized spacial score (nSPS) is 12.4. The van der Waals surface area contributed by atoms with Crippen LogP contribution in [0.2, 0.25) is 0 Å². The van der Waals surface area contributed by atoms with Gasteiger partial charge in [0.15, 0.2) is 0 Å². The van der Waals surface area contributed by atoms with E-state index in [0.717, 1.165) is 5.75 Å². The summed E-state index contributed by atoms with van der Waals surface area (Å²) in [6.45, 7) is 2.28. The Labute approximate surface area is 100.0 Å². The summed E-state index contributed by atoms with van der Waals surface area (Å²) in [5.41, 5.74) is 6.10. The Hall–Kier alpha value is -1.17. The number of carbonyl (C=O) groups excluding carboxylic acids is 1. The Morgan fingerprint density at radius 2 is 2.44 bits per heavy atom. The Bertz CT molecular complexity index is 352. The first-order chi connectivity index (χ1) is 7.54. The molecule has 0 saturated carbocycles. The quantitative estimate of drug-likeness (QED) is 0.824. The molecule has 2 N–H and O–H groups in total. The molecule has 0 aliphatic carbocycles. The minimum atomic E-state index is 0.0460. The second kappa shape index (κ2) is 5.79. The van der Waals surface area contributed by atoms with Gasteiger partial charge < -0.3 is 10.6 Å². The molecule has 1 atom stereocenters. The molecule has 1 amide bonds. The van der Waals surface area contributed by atoms with Gasteiger partial charge >= 0.3 is 0 Å². The molecule has 1 unspecified atom stereocenters. The Balaban J connectivity index is 2.51. The molecule has 90 valence electrons. The van der Waals surface area contributed by atoms with Crippen LogP contribution in [0.5, 0.6) is 0 Å². The fourth-order valence-electron chi connectivity index (χ4n) is 1.31. The van der Waals surface area contributed by atoms with Crippen LogP contribution in [0.25, 0.3) is 0 Å². The van der Waals surface area contributed by atoms with Gasteiger partial charge in [-0.2, -0.15) is 16.9 Å². The van der Waals surface area contributed by atoms with E-state index in [1.807, 2.05) is 20.2 Å². The average molecular weight is 242 g/mol. The highest BCUT2D eigenvalue weighted by atomic mass is 32.2. The van der Waals surface area contributed by atoms with Gasteiger partial charge in [0.1, 0.15) is 6.54 Å². The number of nitrogens with zero attached hydrogens (tertiary/aromatic N) is 3. The van der Waals surface area contributed by atoms with Crippen molar-refractivity contribution in [3.8, 4) is 0 Å². The lowest BCUT2D eigenvalue weighted by Crippen LogP contribution is -2.38. The molecule has 0 fully saturated rings. The second-order valence-corrected chi connectivity index (χ2v) is 4.69. The minimum Gasteiger partial charge on any atom is -0.396 e. The van der Waals surface area contributed by atoms with Gasteiger partial charge in [-0.3, -0.25) is 9.48 Å². The van der Waals surface area contributed by atoms with E-state index < -0.39 is 0 Å². The summed E-state index contributed by atoms with van der Waals surface area (Å²) in [4.78, 5) is 13.6. The molecule has 1 aromatic rings. The third-order valence-corrected chi connectivity index (χ3v) is 3.23. The highest BCUT2D eigenvalue weighted by Crippen LogP contribution is 2.05. The van der Waals surface area contributed by atoms with Gasteiger partial charge in [0.05, 0.1) is 11.9 Å². The summed E-state index contributed by atoms with van der Waals surface area (Å²) in [7, 11) is 1.82. The van der Waals surface area contributed by atoms with Crippen LogP contribution in [-0.4, -0.2) is 45.7 Å². The van der Waals surface area contributed by atoms with E-state index in [-0.39, 0.29) is 18.5 Å². The monoisotopic (exact) mass is 242 g/mol. The van der Waals surface area contributed by atoms with Crippen molar-refractivity contribution < 1.29 is 4.79 Å². The van der Waals surface area contributed by atoms with E-state index in [2.05, 4.69) is 5.10 Å². The van der Waals surface area contributed by atoms with Crippen LogP contribution in [0.4, 0.5) is 5.69 Å². The predicted octanol–water partition coefficient (Wildman–Crippen LogP) is 0.675. The van der Waals surface area contributed by atoms with Crippen molar-refractivity contribution in [2.24, 2.45) is 0 Å². The predicted molar refractivity (Wildman–Crippen MR) is 67.3 cm³/mol. The number of hydrogen-bond acceptors (Lipinski definition) is 4. The summed E-state index contributed by atoms with van der Waals surface area (Å²) in [5.74, 6) is 0.980. The van der Waals surface area contributed by atoms with Gasteiger partial charge in [-0.15, -0.1) is 0 Å². The van der Waals surface area contributed by atoms with E-state index in [1.165, 1.54) is 0 Å². The molecule has 0 bridgehead atoms. The molecule has 16 heavy (non-hydrogen) atoms. The first-order valence-corrected chi connectivity index (χ1v) is 6.46. The first-order valence-electron chi connectivity index (χ1n) is 5.07. The Kier molecular flexibility index (Phi) is 4.67. The van der Waals surface area contributed by atoms with E-state index in [9.17, 15) is 4.79 Å². The topological polar surface area (TPSA) is 64.2 Å². The fourth-order valence-corrected chi connectivity index (χ4v) is 2.02. The van der Waals surface area contributed by atoms with Crippen molar-refractivity contribution in [3.05, 3.63) is 12.4 Å².